The van der Waals surface area contributed by atoms with Crippen LogP contribution in [-0.4, -0.2) is 4.98 Å². The van der Waals surface area contributed by atoms with Gasteiger partial charge >= 0.3 is 0 Å². The first kappa shape index (κ1) is 12.7. The summed E-state index contributed by atoms with van der Waals surface area (Å²) in [6.07, 6.45) is 7.02. The maximum absolute atomic E-state index is 5.56. The molecule has 0 fully saturated rings. The van der Waals surface area contributed by atoms with Gasteiger partial charge in [0.1, 0.15) is 10.8 Å². The maximum Gasteiger partial charge on any atom is 0.123 e. The van der Waals surface area contributed by atoms with Crippen LogP contribution in [0.1, 0.15) is 30.2 Å². The number of benzene rings is 1. The van der Waals surface area contributed by atoms with Gasteiger partial charge in [0.05, 0.1) is 12.3 Å². The van der Waals surface area contributed by atoms with Gasteiger partial charge in [-0.1, -0.05) is 12.1 Å². The lowest BCUT2D eigenvalue weighted by atomic mass is 9.93. The van der Waals surface area contributed by atoms with Crippen molar-refractivity contribution in [3.8, 4) is 10.6 Å². The van der Waals surface area contributed by atoms with Crippen molar-refractivity contribution in [1.29, 1.82) is 0 Å². The normalized spacial score (nSPS) is 17.4. The molecule has 1 aliphatic carbocycles. The van der Waals surface area contributed by atoms with Crippen LogP contribution in [0.4, 0.5) is 5.69 Å². The van der Waals surface area contributed by atoms with Gasteiger partial charge in [-0.15, -0.1) is 11.3 Å². The summed E-state index contributed by atoms with van der Waals surface area (Å²) in [6, 6.07) is 10.9. The predicted molar refractivity (Wildman–Crippen MR) is 85.6 cm³/mol. The Morgan fingerprint density at radius 1 is 1.29 bits per heavy atom. The first-order valence-electron chi connectivity index (χ1n) is 7.23. The van der Waals surface area contributed by atoms with E-state index in [-0.39, 0.29) is 0 Å². The lowest BCUT2D eigenvalue weighted by Gasteiger charge is -2.24. The molecule has 1 unspecified atom stereocenters. The number of anilines is 1. The lowest BCUT2D eigenvalue weighted by Crippen LogP contribution is -2.15. The number of nitrogens with zero attached hydrogens (tertiary/aromatic N) is 1. The van der Waals surface area contributed by atoms with Gasteiger partial charge in [-0.25, -0.2) is 4.98 Å². The van der Waals surface area contributed by atoms with E-state index in [1.165, 1.54) is 17.5 Å². The highest BCUT2D eigenvalue weighted by molar-refractivity contribution is 7.13. The molecule has 1 atom stereocenters. The minimum Gasteiger partial charge on any atom is -0.469 e. The summed E-state index contributed by atoms with van der Waals surface area (Å²) in [6.45, 7) is 0. The number of hydrogen-bond acceptors (Lipinski definition) is 4. The number of furan rings is 1. The van der Waals surface area contributed by atoms with E-state index >= 15 is 0 Å². The Bertz CT molecular complexity index is 733. The van der Waals surface area contributed by atoms with E-state index in [1.54, 1.807) is 17.6 Å². The Balaban J connectivity index is 1.60. The Kier molecular flexibility index (Phi) is 3.24. The molecule has 0 saturated heterocycles. The van der Waals surface area contributed by atoms with Gasteiger partial charge in [0, 0.05) is 34.8 Å². The molecule has 0 spiro atoms. The molecule has 0 radical (unpaired) electrons. The standard InChI is InChI=1S/C17H16N2OS/c1-3-12(17-18-8-10-21-17)11-13(4-1)19-15-5-2-6-16-14(15)7-9-20-16/h1,3-4,7-11,15,19H,2,5-6H2. The van der Waals surface area contributed by atoms with E-state index in [4.69, 9.17) is 4.42 Å². The summed E-state index contributed by atoms with van der Waals surface area (Å²) < 4.78 is 5.56. The zero-order valence-corrected chi connectivity index (χ0v) is 12.4. The third-order valence-electron chi connectivity index (χ3n) is 3.93. The number of rotatable bonds is 3. The minimum absolute atomic E-state index is 0.346. The van der Waals surface area contributed by atoms with Crippen molar-refractivity contribution < 1.29 is 4.42 Å². The average Bonchev–Trinajstić information content (AvgIpc) is 3.20. The molecule has 106 valence electrons. The smallest absolute Gasteiger partial charge is 0.123 e. The molecule has 0 bridgehead atoms. The van der Waals surface area contributed by atoms with Crippen molar-refractivity contribution in [2.24, 2.45) is 0 Å². The minimum atomic E-state index is 0.346. The van der Waals surface area contributed by atoms with Crippen LogP contribution in [-0.2, 0) is 6.42 Å². The Morgan fingerprint density at radius 2 is 2.29 bits per heavy atom. The van der Waals surface area contributed by atoms with Crippen LogP contribution in [0.5, 0.6) is 0 Å². The number of nitrogens with one attached hydrogen (secondary N) is 1. The largest absolute Gasteiger partial charge is 0.469 e. The second kappa shape index (κ2) is 5.37. The topological polar surface area (TPSA) is 38.1 Å². The highest BCUT2D eigenvalue weighted by atomic mass is 32.1. The fraction of sp³-hybridized carbons (Fsp3) is 0.235. The molecular weight excluding hydrogens is 280 g/mol. The second-order valence-electron chi connectivity index (χ2n) is 5.31. The van der Waals surface area contributed by atoms with E-state index in [1.807, 2.05) is 11.6 Å². The van der Waals surface area contributed by atoms with Crippen LogP contribution < -0.4 is 5.32 Å². The van der Waals surface area contributed by atoms with E-state index in [0.29, 0.717) is 6.04 Å². The van der Waals surface area contributed by atoms with Crippen molar-refractivity contribution in [3.63, 3.8) is 0 Å². The number of fused-ring (bicyclic) bond motifs is 1. The molecule has 1 aliphatic rings. The van der Waals surface area contributed by atoms with Gasteiger partial charge in [0.25, 0.3) is 0 Å². The Hall–Kier alpha value is -2.07. The predicted octanol–water partition coefficient (Wildman–Crippen LogP) is 4.89. The molecule has 0 amide bonds. The summed E-state index contributed by atoms with van der Waals surface area (Å²) >= 11 is 1.67. The quantitative estimate of drug-likeness (QED) is 0.747. The Morgan fingerprint density at radius 3 is 3.19 bits per heavy atom. The van der Waals surface area contributed by atoms with Crippen LogP contribution in [0.3, 0.4) is 0 Å². The molecule has 1 aromatic carbocycles. The number of thiazole rings is 1. The van der Waals surface area contributed by atoms with Crippen LogP contribution in [0.25, 0.3) is 10.6 Å². The fourth-order valence-corrected chi connectivity index (χ4v) is 3.58. The lowest BCUT2D eigenvalue weighted by molar-refractivity contribution is 0.461. The molecule has 0 saturated carbocycles. The maximum atomic E-state index is 5.56. The fourth-order valence-electron chi connectivity index (χ4n) is 2.95. The van der Waals surface area contributed by atoms with Gasteiger partial charge in [-0.3, -0.25) is 0 Å². The van der Waals surface area contributed by atoms with Crippen molar-refractivity contribution in [2.75, 3.05) is 5.32 Å². The molecular formula is C17H16N2OS. The van der Waals surface area contributed by atoms with Crippen molar-refractivity contribution in [2.45, 2.75) is 25.3 Å². The van der Waals surface area contributed by atoms with Crippen LogP contribution in [0.15, 0.2) is 52.6 Å². The first-order valence-corrected chi connectivity index (χ1v) is 8.11. The molecule has 2 heterocycles. The average molecular weight is 296 g/mol. The number of hydrogen-bond donors (Lipinski definition) is 1. The summed E-state index contributed by atoms with van der Waals surface area (Å²) in [5.74, 6) is 1.13. The molecule has 0 aliphatic heterocycles. The zero-order chi connectivity index (χ0) is 14.1. The SMILES string of the molecule is c1cc(NC2CCCc3occc32)cc(-c2nccs2)c1. The number of aryl methyl sites for hydroxylation is 1. The zero-order valence-electron chi connectivity index (χ0n) is 11.6. The van der Waals surface area contributed by atoms with E-state index in [2.05, 4.69) is 40.6 Å². The van der Waals surface area contributed by atoms with E-state index in [9.17, 15) is 0 Å². The third kappa shape index (κ3) is 2.47. The van der Waals surface area contributed by atoms with Gasteiger partial charge in [-0.05, 0) is 31.0 Å². The van der Waals surface area contributed by atoms with Crippen LogP contribution in [0.2, 0.25) is 0 Å². The van der Waals surface area contributed by atoms with Gasteiger partial charge in [0.2, 0.25) is 0 Å². The molecule has 2 aromatic heterocycles. The molecule has 4 rings (SSSR count). The van der Waals surface area contributed by atoms with Gasteiger partial charge in [0.15, 0.2) is 0 Å². The van der Waals surface area contributed by atoms with E-state index in [0.717, 1.165) is 29.3 Å². The van der Waals surface area contributed by atoms with Gasteiger partial charge in [-0.2, -0.15) is 0 Å². The first-order chi connectivity index (χ1) is 10.4. The van der Waals surface area contributed by atoms with Crippen molar-refractivity contribution in [1.82, 2.24) is 4.98 Å². The van der Waals surface area contributed by atoms with Gasteiger partial charge < -0.3 is 9.73 Å². The van der Waals surface area contributed by atoms with Crippen LogP contribution >= 0.6 is 11.3 Å². The summed E-state index contributed by atoms with van der Waals surface area (Å²) in [4.78, 5) is 4.38. The highest BCUT2D eigenvalue weighted by Crippen LogP contribution is 2.34. The molecule has 21 heavy (non-hydrogen) atoms. The molecule has 3 aromatic rings. The molecule has 1 N–H and O–H groups in total. The summed E-state index contributed by atoms with van der Waals surface area (Å²) in [5.41, 5.74) is 3.61. The number of aromatic nitrogens is 1. The Labute approximate surface area is 127 Å². The van der Waals surface area contributed by atoms with Crippen molar-refractivity contribution in [3.05, 3.63) is 59.5 Å². The molecule has 4 heteroatoms. The summed E-state index contributed by atoms with van der Waals surface area (Å²) in [7, 11) is 0. The van der Waals surface area contributed by atoms with Crippen molar-refractivity contribution >= 4 is 17.0 Å². The monoisotopic (exact) mass is 296 g/mol. The van der Waals surface area contributed by atoms with Crippen LogP contribution in [0, 0.1) is 0 Å². The third-order valence-corrected chi connectivity index (χ3v) is 4.76. The second-order valence-corrected chi connectivity index (χ2v) is 6.20. The summed E-state index contributed by atoms with van der Waals surface area (Å²) in [5, 5.41) is 6.71. The van der Waals surface area contributed by atoms with E-state index < -0.39 is 0 Å². The molecule has 3 nitrogen and oxygen atoms in total. The highest BCUT2D eigenvalue weighted by Gasteiger charge is 2.22.